The average Bonchev–Trinajstić information content (AvgIpc) is 3.16. The van der Waals surface area contributed by atoms with Crippen molar-refractivity contribution in [2.75, 3.05) is 19.5 Å². The number of hydrogen-bond donors (Lipinski definition) is 1. The molecule has 0 saturated carbocycles. The van der Waals surface area contributed by atoms with E-state index in [1.54, 1.807) is 18.9 Å². The molecular weight excluding hydrogens is 330 g/mol. The lowest BCUT2D eigenvalue weighted by Gasteiger charge is -2.25. The first-order valence-corrected chi connectivity index (χ1v) is 8.25. The van der Waals surface area contributed by atoms with Crippen LogP contribution in [-0.2, 0) is 0 Å². The van der Waals surface area contributed by atoms with Crippen molar-refractivity contribution in [3.8, 4) is 11.5 Å². The van der Waals surface area contributed by atoms with Crippen LogP contribution in [0.2, 0.25) is 0 Å². The first kappa shape index (κ1) is 16.1. The zero-order valence-electron chi connectivity index (χ0n) is 14.8. The van der Waals surface area contributed by atoms with Crippen molar-refractivity contribution in [3.63, 3.8) is 0 Å². The van der Waals surface area contributed by atoms with Gasteiger partial charge in [0.1, 0.15) is 17.5 Å². The number of benzene rings is 2. The predicted octanol–water partition coefficient (Wildman–Crippen LogP) is 3.05. The van der Waals surface area contributed by atoms with Gasteiger partial charge in [0.2, 0.25) is 5.95 Å². The van der Waals surface area contributed by atoms with Crippen LogP contribution in [0.5, 0.6) is 11.5 Å². The third-order valence-electron chi connectivity index (χ3n) is 4.45. The summed E-state index contributed by atoms with van der Waals surface area (Å²) in [6.45, 7) is 2.07. The number of hydrogen-bond acceptors (Lipinski definition) is 6. The molecule has 1 N–H and O–H groups in total. The van der Waals surface area contributed by atoms with Gasteiger partial charge < -0.3 is 14.8 Å². The monoisotopic (exact) mass is 349 g/mol. The SMILES string of the molecule is COc1ccc(C2C=C(c3ccc(C)cc3)Nc3nnnn32)c(OC)c1. The summed E-state index contributed by atoms with van der Waals surface area (Å²) in [4.78, 5) is 0. The van der Waals surface area contributed by atoms with Gasteiger partial charge in [-0.2, -0.15) is 4.68 Å². The predicted molar refractivity (Wildman–Crippen MR) is 98.3 cm³/mol. The molecule has 0 bridgehead atoms. The lowest BCUT2D eigenvalue weighted by Crippen LogP contribution is -2.20. The molecule has 7 heteroatoms. The number of nitrogens with zero attached hydrogens (tertiary/aromatic N) is 4. The molecule has 0 aliphatic carbocycles. The van der Waals surface area contributed by atoms with E-state index in [-0.39, 0.29) is 6.04 Å². The van der Waals surface area contributed by atoms with Crippen molar-refractivity contribution < 1.29 is 9.47 Å². The number of methoxy groups -OCH3 is 2. The third kappa shape index (κ3) is 2.77. The largest absolute Gasteiger partial charge is 0.497 e. The van der Waals surface area contributed by atoms with Crippen molar-refractivity contribution in [2.45, 2.75) is 13.0 Å². The third-order valence-corrected chi connectivity index (χ3v) is 4.45. The summed E-state index contributed by atoms with van der Waals surface area (Å²) in [5.41, 5.74) is 4.19. The number of nitrogens with one attached hydrogen (secondary N) is 1. The zero-order chi connectivity index (χ0) is 18.1. The molecule has 7 nitrogen and oxygen atoms in total. The Morgan fingerprint density at radius 2 is 1.85 bits per heavy atom. The van der Waals surface area contributed by atoms with Crippen LogP contribution < -0.4 is 14.8 Å². The van der Waals surface area contributed by atoms with Crippen molar-refractivity contribution >= 4 is 11.6 Å². The quantitative estimate of drug-likeness (QED) is 0.780. The van der Waals surface area contributed by atoms with Crippen LogP contribution >= 0.6 is 0 Å². The van der Waals surface area contributed by atoms with Gasteiger partial charge in [-0.1, -0.05) is 34.9 Å². The molecule has 0 radical (unpaired) electrons. The van der Waals surface area contributed by atoms with Gasteiger partial charge >= 0.3 is 0 Å². The highest BCUT2D eigenvalue weighted by atomic mass is 16.5. The Morgan fingerprint density at radius 3 is 2.58 bits per heavy atom. The van der Waals surface area contributed by atoms with Crippen LogP contribution in [0.1, 0.15) is 22.7 Å². The molecule has 0 spiro atoms. The van der Waals surface area contributed by atoms with Crippen molar-refractivity contribution in [1.82, 2.24) is 20.2 Å². The highest BCUT2D eigenvalue weighted by Crippen LogP contribution is 2.37. The molecule has 1 atom stereocenters. The van der Waals surface area contributed by atoms with E-state index < -0.39 is 0 Å². The molecule has 132 valence electrons. The lowest BCUT2D eigenvalue weighted by molar-refractivity contribution is 0.387. The fourth-order valence-electron chi connectivity index (χ4n) is 3.04. The van der Waals surface area contributed by atoms with Crippen LogP contribution in [-0.4, -0.2) is 34.4 Å². The molecule has 0 fully saturated rings. The second kappa shape index (κ2) is 6.51. The molecule has 1 aliphatic rings. The van der Waals surface area contributed by atoms with Crippen molar-refractivity contribution in [3.05, 3.63) is 65.2 Å². The van der Waals surface area contributed by atoms with Gasteiger partial charge in [-0.15, -0.1) is 0 Å². The van der Waals surface area contributed by atoms with E-state index in [9.17, 15) is 0 Å². The van der Waals surface area contributed by atoms with E-state index >= 15 is 0 Å². The van der Waals surface area contributed by atoms with Crippen LogP contribution in [0.4, 0.5) is 5.95 Å². The van der Waals surface area contributed by atoms with Crippen molar-refractivity contribution in [1.29, 1.82) is 0 Å². The maximum atomic E-state index is 5.58. The first-order chi connectivity index (χ1) is 12.7. The number of fused-ring (bicyclic) bond motifs is 1. The number of anilines is 1. The topological polar surface area (TPSA) is 74.1 Å². The number of aromatic nitrogens is 4. The number of rotatable bonds is 4. The Kier molecular flexibility index (Phi) is 4.04. The zero-order valence-corrected chi connectivity index (χ0v) is 14.8. The Labute approximate surface area is 151 Å². The molecule has 1 aliphatic heterocycles. The minimum atomic E-state index is -0.196. The van der Waals surface area contributed by atoms with E-state index in [0.717, 1.165) is 28.3 Å². The van der Waals surface area contributed by atoms with Gasteiger partial charge in [0.05, 0.1) is 14.2 Å². The Morgan fingerprint density at radius 1 is 1.04 bits per heavy atom. The van der Waals surface area contributed by atoms with Gasteiger partial charge in [0, 0.05) is 17.3 Å². The number of tetrazole rings is 1. The van der Waals surface area contributed by atoms with Gasteiger partial charge in [-0.05, 0) is 41.1 Å². The van der Waals surface area contributed by atoms with Crippen LogP contribution in [0, 0.1) is 6.92 Å². The minimum Gasteiger partial charge on any atom is -0.497 e. The summed E-state index contributed by atoms with van der Waals surface area (Å²) in [5.74, 6) is 2.04. The summed E-state index contributed by atoms with van der Waals surface area (Å²) < 4.78 is 12.6. The van der Waals surface area contributed by atoms with Gasteiger partial charge in [0.15, 0.2) is 0 Å². The summed E-state index contributed by atoms with van der Waals surface area (Å²) in [7, 11) is 3.28. The molecule has 4 rings (SSSR count). The van der Waals surface area contributed by atoms with E-state index in [1.807, 2.05) is 18.2 Å². The normalized spacial score (nSPS) is 15.7. The standard InChI is InChI=1S/C19H19N5O2/c1-12-4-6-13(7-5-12)16-11-17(24-19(20-16)21-22-23-24)15-9-8-14(25-2)10-18(15)26-3/h4-11,17H,1-3H3,(H,20,21,23). The molecular formula is C19H19N5O2. The van der Waals surface area contributed by atoms with Gasteiger partial charge in [0.25, 0.3) is 0 Å². The van der Waals surface area contributed by atoms with Crippen LogP contribution in [0.3, 0.4) is 0 Å². The highest BCUT2D eigenvalue weighted by molar-refractivity contribution is 5.77. The maximum Gasteiger partial charge on any atom is 0.248 e. The Bertz CT molecular complexity index is 962. The first-order valence-electron chi connectivity index (χ1n) is 8.25. The number of ether oxygens (including phenoxy) is 2. The number of allylic oxidation sites excluding steroid dienone is 1. The van der Waals surface area contributed by atoms with E-state index in [2.05, 4.69) is 58.1 Å². The lowest BCUT2D eigenvalue weighted by atomic mass is 10.00. The summed E-state index contributed by atoms with van der Waals surface area (Å²) in [5, 5.41) is 15.3. The highest BCUT2D eigenvalue weighted by Gasteiger charge is 2.26. The molecule has 1 unspecified atom stereocenters. The summed E-state index contributed by atoms with van der Waals surface area (Å²) in [6.07, 6.45) is 2.10. The molecule has 3 aromatic rings. The van der Waals surface area contributed by atoms with Gasteiger partial charge in [-0.25, -0.2) is 0 Å². The van der Waals surface area contributed by atoms with E-state index in [0.29, 0.717) is 5.95 Å². The Hall–Kier alpha value is -3.35. The van der Waals surface area contributed by atoms with Gasteiger partial charge in [-0.3, -0.25) is 0 Å². The van der Waals surface area contributed by atoms with Crippen LogP contribution in [0.25, 0.3) is 5.70 Å². The molecule has 2 heterocycles. The maximum absolute atomic E-state index is 5.58. The molecule has 0 amide bonds. The average molecular weight is 349 g/mol. The smallest absolute Gasteiger partial charge is 0.248 e. The fourth-order valence-corrected chi connectivity index (χ4v) is 3.04. The Balaban J connectivity index is 1.82. The van der Waals surface area contributed by atoms with Crippen LogP contribution in [0.15, 0.2) is 48.5 Å². The number of aryl methyl sites for hydroxylation is 1. The second-order valence-corrected chi connectivity index (χ2v) is 6.07. The fraction of sp³-hybridized carbons (Fsp3) is 0.211. The van der Waals surface area contributed by atoms with Crippen molar-refractivity contribution in [2.24, 2.45) is 0 Å². The minimum absolute atomic E-state index is 0.196. The summed E-state index contributed by atoms with van der Waals surface area (Å²) >= 11 is 0. The van der Waals surface area contributed by atoms with E-state index in [4.69, 9.17) is 9.47 Å². The molecule has 2 aromatic carbocycles. The summed E-state index contributed by atoms with van der Waals surface area (Å²) in [6, 6.07) is 13.9. The molecule has 0 saturated heterocycles. The second-order valence-electron chi connectivity index (χ2n) is 6.07. The molecule has 1 aromatic heterocycles. The van der Waals surface area contributed by atoms with E-state index in [1.165, 1.54) is 5.56 Å². The molecule has 26 heavy (non-hydrogen) atoms.